The van der Waals surface area contributed by atoms with Gasteiger partial charge in [-0.05, 0) is 24.3 Å². The Balaban J connectivity index is 1.81. The van der Waals surface area contributed by atoms with Gasteiger partial charge in [0, 0.05) is 15.6 Å². The summed E-state index contributed by atoms with van der Waals surface area (Å²) in [5.74, 6) is 0.297. The molecule has 0 saturated heterocycles. The van der Waals surface area contributed by atoms with Crippen molar-refractivity contribution in [3.05, 3.63) is 61.9 Å². The second-order valence-electron chi connectivity index (χ2n) is 4.95. The molecule has 0 spiro atoms. The minimum atomic E-state index is -0.403. The molecule has 8 heteroatoms. The monoisotopic (exact) mass is 412 g/mol. The maximum absolute atomic E-state index is 12.3. The summed E-state index contributed by atoms with van der Waals surface area (Å²) in [5.41, 5.74) is 3.05. The minimum absolute atomic E-state index is 0.370. The van der Waals surface area contributed by atoms with E-state index in [2.05, 4.69) is 10.5 Å². The Labute approximate surface area is 163 Å². The van der Waals surface area contributed by atoms with Crippen LogP contribution in [0.1, 0.15) is 15.2 Å². The molecule has 1 heterocycles. The average molecular weight is 414 g/mol. The molecule has 0 aliphatic carbocycles. The number of hydrogen-bond donors (Lipinski definition) is 1. The van der Waals surface area contributed by atoms with Gasteiger partial charge in [-0.15, -0.1) is 11.3 Å². The number of amides is 1. The summed E-state index contributed by atoms with van der Waals surface area (Å²) in [6.07, 6.45) is 1.43. The zero-order chi connectivity index (χ0) is 18.0. The lowest BCUT2D eigenvalue weighted by atomic mass is 10.2. The molecule has 0 radical (unpaired) electrons. The summed E-state index contributed by atoms with van der Waals surface area (Å²) in [4.78, 5) is 12.7. The van der Waals surface area contributed by atoms with Crippen LogP contribution < -0.4 is 10.2 Å². The molecule has 1 N–H and O–H groups in total. The Morgan fingerprint density at radius 3 is 2.76 bits per heavy atom. The van der Waals surface area contributed by atoms with Crippen LogP contribution in [0.4, 0.5) is 0 Å². The standard InChI is InChI=1S/C17H11Cl3N2O2S/c1-24-10-5-6-11-13(7-10)25-16(15(11)20)17(23)22-21-8-9-3-2-4-12(18)14(9)19/h2-8H,1H3,(H,22,23)/b21-8+. The first-order valence-electron chi connectivity index (χ1n) is 7.04. The van der Waals surface area contributed by atoms with Crippen molar-refractivity contribution < 1.29 is 9.53 Å². The van der Waals surface area contributed by atoms with Gasteiger partial charge in [-0.3, -0.25) is 4.79 Å². The van der Waals surface area contributed by atoms with E-state index in [4.69, 9.17) is 39.5 Å². The Kier molecular flexibility index (Phi) is 5.49. The molecule has 0 unspecified atom stereocenters. The van der Waals surface area contributed by atoms with E-state index in [0.29, 0.717) is 31.3 Å². The van der Waals surface area contributed by atoms with Crippen molar-refractivity contribution >= 4 is 68.3 Å². The van der Waals surface area contributed by atoms with Crippen molar-refractivity contribution in [2.24, 2.45) is 5.10 Å². The van der Waals surface area contributed by atoms with E-state index >= 15 is 0 Å². The lowest BCUT2D eigenvalue weighted by molar-refractivity contribution is 0.0959. The number of fused-ring (bicyclic) bond motifs is 1. The predicted octanol–water partition coefficient (Wildman–Crippen LogP) is 5.63. The van der Waals surface area contributed by atoms with Crippen LogP contribution in [0.5, 0.6) is 5.75 Å². The Hall–Kier alpha value is -1.79. The number of carbonyl (C=O) groups excluding carboxylic acids is 1. The normalized spacial score (nSPS) is 11.2. The van der Waals surface area contributed by atoms with Gasteiger partial charge in [0.2, 0.25) is 0 Å². The Morgan fingerprint density at radius 1 is 1.20 bits per heavy atom. The first kappa shape index (κ1) is 18.0. The molecule has 1 aromatic heterocycles. The SMILES string of the molecule is COc1ccc2c(Cl)c(C(=O)N/N=C/c3cccc(Cl)c3Cl)sc2c1. The van der Waals surface area contributed by atoms with Crippen LogP contribution in [0.3, 0.4) is 0 Å². The molecule has 2 aromatic carbocycles. The van der Waals surface area contributed by atoms with Crippen LogP contribution in [-0.2, 0) is 0 Å². The lowest BCUT2D eigenvalue weighted by Gasteiger charge is -2.00. The van der Waals surface area contributed by atoms with Crippen LogP contribution in [0.15, 0.2) is 41.5 Å². The lowest BCUT2D eigenvalue weighted by Crippen LogP contribution is -2.16. The summed E-state index contributed by atoms with van der Waals surface area (Å²) >= 11 is 19.6. The molecule has 3 aromatic rings. The highest BCUT2D eigenvalue weighted by Crippen LogP contribution is 2.37. The average Bonchev–Trinajstić information content (AvgIpc) is 2.94. The fourth-order valence-corrected chi connectivity index (χ4v) is 3.94. The number of hydrogen-bond acceptors (Lipinski definition) is 4. The number of thiophene rings is 1. The highest BCUT2D eigenvalue weighted by Gasteiger charge is 2.17. The zero-order valence-corrected chi connectivity index (χ0v) is 15.9. The minimum Gasteiger partial charge on any atom is -0.497 e. The Morgan fingerprint density at radius 2 is 2.00 bits per heavy atom. The molecule has 4 nitrogen and oxygen atoms in total. The van der Waals surface area contributed by atoms with Gasteiger partial charge in [-0.25, -0.2) is 5.43 Å². The van der Waals surface area contributed by atoms with E-state index in [9.17, 15) is 4.79 Å². The number of halogens is 3. The first-order chi connectivity index (χ1) is 12.0. The number of carbonyl (C=O) groups is 1. The number of nitrogens with one attached hydrogen (secondary N) is 1. The number of benzene rings is 2. The van der Waals surface area contributed by atoms with E-state index in [-0.39, 0.29) is 0 Å². The number of hydrazone groups is 1. The fourth-order valence-electron chi connectivity index (χ4n) is 2.15. The van der Waals surface area contributed by atoms with Crippen molar-refractivity contribution in [2.75, 3.05) is 7.11 Å². The largest absolute Gasteiger partial charge is 0.497 e. The summed E-state index contributed by atoms with van der Waals surface area (Å²) in [5, 5.41) is 5.88. The van der Waals surface area contributed by atoms with E-state index < -0.39 is 5.91 Å². The van der Waals surface area contributed by atoms with Crippen LogP contribution >= 0.6 is 46.1 Å². The van der Waals surface area contributed by atoms with Gasteiger partial charge in [0.25, 0.3) is 5.91 Å². The van der Waals surface area contributed by atoms with Gasteiger partial charge >= 0.3 is 0 Å². The van der Waals surface area contributed by atoms with Gasteiger partial charge in [0.05, 0.1) is 28.4 Å². The van der Waals surface area contributed by atoms with E-state index in [0.717, 1.165) is 10.1 Å². The van der Waals surface area contributed by atoms with E-state index in [1.165, 1.54) is 17.6 Å². The summed E-state index contributed by atoms with van der Waals surface area (Å²) < 4.78 is 6.04. The smallest absolute Gasteiger partial charge is 0.283 e. The van der Waals surface area contributed by atoms with Gasteiger partial charge in [-0.1, -0.05) is 46.9 Å². The maximum atomic E-state index is 12.3. The molecule has 128 valence electrons. The van der Waals surface area contributed by atoms with Crippen LogP contribution in [0.2, 0.25) is 15.1 Å². The quantitative estimate of drug-likeness (QED) is 0.445. The molecule has 0 fully saturated rings. The van der Waals surface area contributed by atoms with Gasteiger partial charge in [-0.2, -0.15) is 5.10 Å². The van der Waals surface area contributed by atoms with Crippen molar-refractivity contribution in [3.8, 4) is 5.75 Å². The van der Waals surface area contributed by atoms with Crippen molar-refractivity contribution in [1.82, 2.24) is 5.43 Å². The van der Waals surface area contributed by atoms with E-state index in [1.807, 2.05) is 12.1 Å². The second-order valence-corrected chi connectivity index (χ2v) is 7.16. The van der Waals surface area contributed by atoms with Gasteiger partial charge in [0.1, 0.15) is 10.6 Å². The summed E-state index contributed by atoms with van der Waals surface area (Å²) in [6, 6.07) is 10.6. The molecule has 1 amide bonds. The highest BCUT2D eigenvalue weighted by atomic mass is 35.5. The van der Waals surface area contributed by atoms with Crippen LogP contribution in [0.25, 0.3) is 10.1 Å². The third kappa shape index (κ3) is 3.75. The number of nitrogens with zero attached hydrogens (tertiary/aromatic N) is 1. The molecule has 0 saturated carbocycles. The predicted molar refractivity (Wildman–Crippen MR) is 105 cm³/mol. The van der Waals surface area contributed by atoms with E-state index in [1.54, 1.807) is 31.4 Å². The maximum Gasteiger partial charge on any atom is 0.283 e. The van der Waals surface area contributed by atoms with Crippen molar-refractivity contribution in [1.29, 1.82) is 0 Å². The molecule has 25 heavy (non-hydrogen) atoms. The number of rotatable bonds is 4. The summed E-state index contributed by atoms with van der Waals surface area (Å²) in [7, 11) is 1.58. The second kappa shape index (κ2) is 7.62. The van der Waals surface area contributed by atoms with Crippen LogP contribution in [0, 0.1) is 0 Å². The first-order valence-corrected chi connectivity index (χ1v) is 8.99. The molecule has 0 bridgehead atoms. The van der Waals surface area contributed by atoms with Gasteiger partial charge in [0.15, 0.2) is 0 Å². The topological polar surface area (TPSA) is 50.7 Å². The third-order valence-electron chi connectivity index (χ3n) is 3.39. The molecule has 0 aliphatic rings. The molecular formula is C17H11Cl3N2O2S. The van der Waals surface area contributed by atoms with Crippen LogP contribution in [-0.4, -0.2) is 19.2 Å². The summed E-state index contributed by atoms with van der Waals surface area (Å²) in [6.45, 7) is 0. The number of ether oxygens (including phenoxy) is 1. The van der Waals surface area contributed by atoms with Gasteiger partial charge < -0.3 is 4.74 Å². The Bertz CT molecular complexity index is 985. The fraction of sp³-hybridized carbons (Fsp3) is 0.0588. The van der Waals surface area contributed by atoms with Crippen molar-refractivity contribution in [3.63, 3.8) is 0 Å². The number of methoxy groups -OCH3 is 1. The molecule has 3 rings (SSSR count). The van der Waals surface area contributed by atoms with Crippen molar-refractivity contribution in [2.45, 2.75) is 0 Å². The molecular weight excluding hydrogens is 403 g/mol. The molecule has 0 atom stereocenters. The highest BCUT2D eigenvalue weighted by molar-refractivity contribution is 7.21. The molecule has 0 aliphatic heterocycles. The third-order valence-corrected chi connectivity index (χ3v) is 5.88. The zero-order valence-electron chi connectivity index (χ0n) is 12.8.